The molecule has 0 aromatic rings. The Bertz CT molecular complexity index is 1160. The quantitative estimate of drug-likeness (QED) is 0.378. The summed E-state index contributed by atoms with van der Waals surface area (Å²) in [6.45, 7) is 12.7. The normalized spacial score (nSPS) is 112. The van der Waals surface area contributed by atoms with Crippen molar-refractivity contribution in [2.45, 2.75) is 87.9 Å². The summed E-state index contributed by atoms with van der Waals surface area (Å²) in [5, 5.41) is 0. The molecule has 2 heteroatoms. The number of fused-ring (bicyclic) bond motifs is 10. The van der Waals surface area contributed by atoms with E-state index in [2.05, 4.69) is 50.8 Å². The predicted octanol–water partition coefficient (Wildman–Crippen LogP) is 5.99. The Balaban J connectivity index is 1.65. The van der Waals surface area contributed by atoms with E-state index in [-0.39, 0.29) is 0 Å². The molecule has 0 saturated carbocycles. The van der Waals surface area contributed by atoms with Gasteiger partial charge in [-0.1, -0.05) is 0 Å². The molecule has 10 fully saturated rings. The van der Waals surface area contributed by atoms with Gasteiger partial charge in [-0.25, -0.2) is 0 Å². The molecule has 10 atom stereocenters. The molecular formula is C18H27FeP. The third-order valence-electron chi connectivity index (χ3n) is 17.3. The van der Waals surface area contributed by atoms with Crippen molar-refractivity contribution >= 4 is 9.24 Å². The van der Waals surface area contributed by atoms with Gasteiger partial charge in [0.1, 0.15) is 0 Å². The fourth-order valence-corrected chi connectivity index (χ4v) is 114. The molecule has 0 aliphatic carbocycles. The summed E-state index contributed by atoms with van der Waals surface area (Å²) in [6, 6.07) is 0. The van der Waals surface area contributed by atoms with Crippen LogP contribution >= 0.6 is 9.24 Å². The SMILES string of the molecule is CC(C)(C)[C]12[CH]3[CH]4[CH]5[CH]1[Fe]45321678[CH]2[CH]1[C]6(P)[C]7(C(C)(C)C)[CH]28. The minimum absolute atomic E-state index is 0.622. The number of hydrogen-bond donors (Lipinski definition) is 0. The summed E-state index contributed by atoms with van der Waals surface area (Å²) in [7, 11) is 3.68. The monoisotopic (exact) mass is 330 g/mol. The van der Waals surface area contributed by atoms with E-state index in [1.807, 2.05) is 0 Å². The Morgan fingerprint density at radius 3 is 1.45 bits per heavy atom. The van der Waals surface area contributed by atoms with E-state index >= 15 is 0 Å². The van der Waals surface area contributed by atoms with Crippen molar-refractivity contribution in [2.75, 3.05) is 0 Å². The summed E-state index contributed by atoms with van der Waals surface area (Å²) in [5.41, 5.74) is 1.26. The van der Waals surface area contributed by atoms with E-state index in [1.54, 1.807) is 0 Å². The summed E-state index contributed by atoms with van der Waals surface area (Å²) >= 11 is 0. The van der Waals surface area contributed by atoms with Crippen LogP contribution in [0.3, 0.4) is 0 Å². The van der Waals surface area contributed by atoms with Crippen LogP contribution in [0.1, 0.15) is 41.5 Å². The zero-order chi connectivity index (χ0) is 13.9. The Morgan fingerprint density at radius 2 is 1.30 bits per heavy atom. The van der Waals surface area contributed by atoms with Crippen molar-refractivity contribution in [2.24, 2.45) is 10.8 Å². The first kappa shape index (κ1) is 9.30. The molecule has 10 heterocycles. The molecule has 112 valence electrons. The fourth-order valence-electron chi connectivity index (χ4n) is 21.4. The van der Waals surface area contributed by atoms with E-state index in [9.17, 15) is 0 Å². The van der Waals surface area contributed by atoms with Gasteiger partial charge in [0, 0.05) is 0 Å². The van der Waals surface area contributed by atoms with Gasteiger partial charge >= 0.3 is 115 Å². The van der Waals surface area contributed by atoms with Gasteiger partial charge in [-0.3, -0.25) is 0 Å². The van der Waals surface area contributed by atoms with Gasteiger partial charge in [-0.15, -0.1) is 0 Å². The van der Waals surface area contributed by atoms with E-state index in [0.717, 1.165) is 12.7 Å². The van der Waals surface area contributed by atoms with Crippen LogP contribution in [0.15, 0.2) is 0 Å². The fraction of sp³-hybridized carbons (Fsp3) is 1.00. The van der Waals surface area contributed by atoms with Crippen LogP contribution in [0.25, 0.3) is 0 Å². The zero-order valence-electron chi connectivity index (χ0n) is 13.5. The van der Waals surface area contributed by atoms with E-state index in [0.29, 0.717) is 10.8 Å². The van der Waals surface area contributed by atoms with E-state index in [1.165, 1.54) is 33.7 Å². The number of hydrogen-bond acceptors (Lipinski definition) is 0. The van der Waals surface area contributed by atoms with Crippen LogP contribution in [0.2, 0.25) is 42.3 Å². The third kappa shape index (κ3) is 0.0910. The van der Waals surface area contributed by atoms with Crippen molar-refractivity contribution in [3.63, 3.8) is 0 Å². The molecule has 0 N–H and O–H groups in total. The second-order valence-corrected chi connectivity index (χ2v) is 38.8. The molecular weight excluding hydrogens is 303 g/mol. The summed E-state index contributed by atoms with van der Waals surface area (Å²) < 4.78 is 2.85. The molecule has 10 aliphatic rings. The predicted molar refractivity (Wildman–Crippen MR) is 83.0 cm³/mol. The molecule has 20 heavy (non-hydrogen) atoms. The zero-order valence-corrected chi connectivity index (χ0v) is 15.7. The first-order valence-corrected chi connectivity index (χ1v) is 15.5. The van der Waals surface area contributed by atoms with Gasteiger partial charge in [0.25, 0.3) is 0 Å². The molecule has 10 unspecified atom stereocenters. The van der Waals surface area contributed by atoms with Gasteiger partial charge in [0.05, 0.1) is 0 Å². The molecule has 10 saturated heterocycles. The van der Waals surface area contributed by atoms with Gasteiger partial charge in [0.15, 0.2) is 0 Å². The van der Waals surface area contributed by atoms with Crippen LogP contribution < -0.4 is 0 Å². The van der Waals surface area contributed by atoms with E-state index < -0.39 is 6.51 Å². The molecule has 10 aliphatic heterocycles. The van der Waals surface area contributed by atoms with Crippen molar-refractivity contribution < 1.29 is 6.51 Å². The van der Waals surface area contributed by atoms with Crippen LogP contribution in [0, 0.1) is 10.8 Å². The molecule has 0 aromatic heterocycles. The summed E-state index contributed by atoms with van der Waals surface area (Å²) in [6.07, 6.45) is 0. The minimum atomic E-state index is -3.30. The third-order valence-corrected chi connectivity index (χ3v) is 67.2. The maximum atomic E-state index is 3.68. The molecule has 0 aromatic carbocycles. The summed E-state index contributed by atoms with van der Waals surface area (Å²) in [5.74, 6) is 0. The average Bonchev–Trinajstić information content (AvgIpc) is 3.19. The van der Waals surface area contributed by atoms with Crippen molar-refractivity contribution in [3.8, 4) is 0 Å². The van der Waals surface area contributed by atoms with Crippen LogP contribution in [0.5, 0.6) is 0 Å². The molecule has 10 rings (SSSR count). The average molecular weight is 330 g/mol. The van der Waals surface area contributed by atoms with Crippen LogP contribution in [0.4, 0.5) is 0 Å². The van der Waals surface area contributed by atoms with Crippen molar-refractivity contribution in [1.29, 1.82) is 0 Å². The number of rotatable bonds is 0. The van der Waals surface area contributed by atoms with Crippen LogP contribution in [-0.2, 0) is 6.51 Å². The molecule has 0 amide bonds. The van der Waals surface area contributed by atoms with Crippen molar-refractivity contribution in [3.05, 3.63) is 0 Å². The van der Waals surface area contributed by atoms with Gasteiger partial charge in [0.2, 0.25) is 0 Å². The maximum absolute atomic E-state index is 3.68. The topological polar surface area (TPSA) is 0 Å². The second-order valence-electron chi connectivity index (χ2n) is 14.4. The van der Waals surface area contributed by atoms with Gasteiger partial charge in [-0.05, 0) is 0 Å². The van der Waals surface area contributed by atoms with E-state index in [4.69, 9.17) is 0 Å². The Hall–Kier alpha value is 0.949. The first-order valence-electron chi connectivity index (χ1n) is 8.82. The Kier molecular flexibility index (Phi) is 0.354. The summed E-state index contributed by atoms with van der Waals surface area (Å²) in [4.78, 5) is 9.73. The Labute approximate surface area is 114 Å². The van der Waals surface area contributed by atoms with Gasteiger partial charge in [-0.2, -0.15) is 0 Å². The van der Waals surface area contributed by atoms with Crippen LogP contribution in [-0.4, -0.2) is 4.05 Å². The van der Waals surface area contributed by atoms with Gasteiger partial charge < -0.3 is 0 Å². The molecule has 0 bridgehead atoms. The second kappa shape index (κ2) is 0.762. The molecule has 0 nitrogen and oxygen atoms in total. The molecule has 1 spiro atoms. The first-order chi connectivity index (χ1) is 8.82. The van der Waals surface area contributed by atoms with Crippen molar-refractivity contribution in [1.82, 2.24) is 0 Å². The Morgan fingerprint density at radius 1 is 0.750 bits per heavy atom. The molecule has 0 radical (unpaired) electrons. The standard InChI is InChI=1S/C9H14P.C9H13.Fe/c1-9(2,3)7-5-4-6-8(7)10;1-9(2,3)8-6-4-5-7-8;/h4-6H,10H2,1-3H3;4-7H,1-3H3;.